The molecule has 1 aromatic carbocycles. The molecule has 1 rings (SSSR count). The van der Waals surface area contributed by atoms with E-state index in [1.165, 1.54) is 12.1 Å². The fourth-order valence-electron chi connectivity index (χ4n) is 1.58. The Morgan fingerprint density at radius 3 is 2.70 bits per heavy atom. The van der Waals surface area contributed by atoms with Crippen LogP contribution in [0.3, 0.4) is 0 Å². The zero-order valence-corrected chi connectivity index (χ0v) is 12.2. The van der Waals surface area contributed by atoms with Gasteiger partial charge in [-0.25, -0.2) is 8.42 Å². The van der Waals surface area contributed by atoms with Gasteiger partial charge in [-0.2, -0.15) is 9.98 Å². The third-order valence-electron chi connectivity index (χ3n) is 2.53. The van der Waals surface area contributed by atoms with Crippen molar-refractivity contribution in [3.05, 3.63) is 28.8 Å². The van der Waals surface area contributed by atoms with E-state index in [0.717, 1.165) is 6.07 Å². The van der Waals surface area contributed by atoms with Gasteiger partial charge >= 0.3 is 5.97 Å². The number of sulfonamides is 1. The molecular formula is C12H13ClN2O4S. The van der Waals surface area contributed by atoms with Gasteiger partial charge in [0.15, 0.2) is 0 Å². The first-order chi connectivity index (χ1) is 9.31. The van der Waals surface area contributed by atoms with Crippen LogP contribution in [0, 0.1) is 11.3 Å². The Kier molecular flexibility index (Phi) is 5.51. The Morgan fingerprint density at radius 1 is 1.55 bits per heavy atom. The summed E-state index contributed by atoms with van der Waals surface area (Å²) in [7, 11) is -4.13. The fraction of sp³-hybridized carbons (Fsp3) is 0.333. The molecule has 0 bridgehead atoms. The number of halogens is 1. The van der Waals surface area contributed by atoms with Crippen LogP contribution in [0.25, 0.3) is 0 Å². The van der Waals surface area contributed by atoms with E-state index < -0.39 is 22.0 Å². The molecule has 1 aromatic rings. The molecule has 2 N–H and O–H groups in total. The highest BCUT2D eigenvalue weighted by molar-refractivity contribution is 7.89. The summed E-state index contributed by atoms with van der Waals surface area (Å²) in [5.74, 6) is -1.27. The first-order valence-electron chi connectivity index (χ1n) is 5.76. The predicted molar refractivity (Wildman–Crippen MR) is 72.8 cm³/mol. The molecule has 0 amide bonds. The minimum absolute atomic E-state index is 0.0949. The van der Waals surface area contributed by atoms with Gasteiger partial charge in [0, 0.05) is 5.02 Å². The second kappa shape index (κ2) is 6.70. The molecule has 0 aliphatic rings. The van der Waals surface area contributed by atoms with Crippen molar-refractivity contribution in [3.8, 4) is 6.07 Å². The number of nitrogens with one attached hydrogen (secondary N) is 1. The lowest BCUT2D eigenvalue weighted by molar-refractivity contribution is -0.139. The number of nitriles is 1. The Labute approximate surface area is 122 Å². The van der Waals surface area contributed by atoms with E-state index in [1.54, 1.807) is 13.0 Å². The molecule has 0 unspecified atom stereocenters. The summed E-state index contributed by atoms with van der Waals surface area (Å²) in [5.41, 5.74) is -0.0949. The summed E-state index contributed by atoms with van der Waals surface area (Å²) in [5, 5.41) is 18.0. The maximum atomic E-state index is 12.2. The van der Waals surface area contributed by atoms with E-state index in [4.69, 9.17) is 22.0 Å². The van der Waals surface area contributed by atoms with Crippen molar-refractivity contribution in [2.45, 2.75) is 30.7 Å². The van der Waals surface area contributed by atoms with Gasteiger partial charge in [-0.05, 0) is 24.6 Å². The minimum Gasteiger partial charge on any atom is -0.480 e. The largest absolute Gasteiger partial charge is 0.480 e. The molecule has 0 aliphatic heterocycles. The van der Waals surface area contributed by atoms with Crippen LogP contribution in [0.2, 0.25) is 5.02 Å². The maximum Gasteiger partial charge on any atom is 0.321 e. The molecule has 8 heteroatoms. The molecule has 20 heavy (non-hydrogen) atoms. The Bertz CT molecular complexity index is 652. The van der Waals surface area contributed by atoms with Crippen LogP contribution in [0.15, 0.2) is 23.1 Å². The van der Waals surface area contributed by atoms with Crippen molar-refractivity contribution in [2.24, 2.45) is 0 Å². The Balaban J connectivity index is 3.20. The molecule has 108 valence electrons. The highest BCUT2D eigenvalue weighted by Gasteiger charge is 2.26. The van der Waals surface area contributed by atoms with E-state index in [2.05, 4.69) is 4.72 Å². The fourth-order valence-corrected chi connectivity index (χ4v) is 3.23. The highest BCUT2D eigenvalue weighted by atomic mass is 35.5. The lowest BCUT2D eigenvalue weighted by Gasteiger charge is -2.14. The van der Waals surface area contributed by atoms with Gasteiger partial charge in [-0.1, -0.05) is 24.9 Å². The normalized spacial score (nSPS) is 12.7. The number of carboxylic acids is 1. The molecule has 0 saturated carbocycles. The molecular weight excluding hydrogens is 304 g/mol. The Morgan fingerprint density at radius 2 is 2.20 bits per heavy atom. The van der Waals surface area contributed by atoms with Gasteiger partial charge in [0.1, 0.15) is 17.0 Å². The summed E-state index contributed by atoms with van der Waals surface area (Å²) < 4.78 is 26.4. The van der Waals surface area contributed by atoms with Crippen molar-refractivity contribution in [2.75, 3.05) is 0 Å². The molecule has 0 aliphatic carbocycles. The minimum atomic E-state index is -4.13. The van der Waals surface area contributed by atoms with Crippen molar-refractivity contribution in [1.29, 1.82) is 5.26 Å². The van der Waals surface area contributed by atoms with Crippen LogP contribution in [-0.4, -0.2) is 25.5 Å². The van der Waals surface area contributed by atoms with Crippen LogP contribution in [0.1, 0.15) is 25.3 Å². The number of aliphatic carboxylic acids is 1. The monoisotopic (exact) mass is 316 g/mol. The molecule has 0 aromatic heterocycles. The molecule has 0 saturated heterocycles. The molecule has 0 fully saturated rings. The zero-order valence-electron chi connectivity index (χ0n) is 10.6. The predicted octanol–water partition coefficient (Wildman–Crippen LogP) is 1.74. The zero-order chi connectivity index (χ0) is 15.3. The average molecular weight is 317 g/mol. The van der Waals surface area contributed by atoms with Gasteiger partial charge in [0.2, 0.25) is 10.0 Å². The summed E-state index contributed by atoms with van der Waals surface area (Å²) in [4.78, 5) is 10.7. The van der Waals surface area contributed by atoms with E-state index in [9.17, 15) is 13.2 Å². The summed E-state index contributed by atoms with van der Waals surface area (Å²) >= 11 is 5.72. The second-order valence-corrected chi connectivity index (χ2v) is 6.17. The summed E-state index contributed by atoms with van der Waals surface area (Å²) in [6.45, 7) is 1.74. The number of rotatable bonds is 6. The Hall–Kier alpha value is -1.62. The summed E-state index contributed by atoms with van der Waals surface area (Å²) in [6.07, 6.45) is 0.650. The van der Waals surface area contributed by atoms with Gasteiger partial charge in [0.25, 0.3) is 0 Å². The molecule has 1 atom stereocenters. The van der Waals surface area contributed by atoms with Crippen LogP contribution in [0.5, 0.6) is 0 Å². The average Bonchev–Trinajstić information content (AvgIpc) is 2.38. The van der Waals surface area contributed by atoms with E-state index in [1.807, 2.05) is 0 Å². The van der Waals surface area contributed by atoms with Gasteiger partial charge in [-0.3, -0.25) is 4.79 Å². The third kappa shape index (κ3) is 3.93. The van der Waals surface area contributed by atoms with Crippen LogP contribution < -0.4 is 4.72 Å². The second-order valence-electron chi connectivity index (χ2n) is 4.05. The van der Waals surface area contributed by atoms with Crippen molar-refractivity contribution in [1.82, 2.24) is 4.72 Å². The number of benzene rings is 1. The number of hydrogen-bond acceptors (Lipinski definition) is 4. The highest BCUT2D eigenvalue weighted by Crippen LogP contribution is 2.20. The lowest BCUT2D eigenvalue weighted by atomic mass is 10.2. The van der Waals surface area contributed by atoms with E-state index in [-0.39, 0.29) is 21.9 Å². The maximum absolute atomic E-state index is 12.2. The van der Waals surface area contributed by atoms with Crippen molar-refractivity contribution in [3.63, 3.8) is 0 Å². The van der Waals surface area contributed by atoms with Crippen LogP contribution >= 0.6 is 11.6 Å². The first-order valence-corrected chi connectivity index (χ1v) is 7.62. The molecule has 0 radical (unpaired) electrons. The molecule has 0 spiro atoms. The first kappa shape index (κ1) is 16.4. The van der Waals surface area contributed by atoms with Crippen molar-refractivity contribution >= 4 is 27.6 Å². The molecule has 6 nitrogen and oxygen atoms in total. The topological polar surface area (TPSA) is 107 Å². The van der Waals surface area contributed by atoms with Crippen LogP contribution in [0.4, 0.5) is 0 Å². The standard InChI is InChI=1S/C12H13ClN2O4S/c1-2-3-10(12(16)17)15-20(18,19)11-6-9(13)5-4-8(11)7-14/h4-6,10,15H,2-3H2,1H3,(H,16,17)/t10-/m1/s1. The number of nitrogens with zero attached hydrogens (tertiary/aromatic N) is 1. The number of hydrogen-bond donors (Lipinski definition) is 2. The molecule has 0 heterocycles. The van der Waals surface area contributed by atoms with Crippen LogP contribution in [-0.2, 0) is 14.8 Å². The summed E-state index contributed by atoms with van der Waals surface area (Å²) in [6, 6.07) is 4.28. The van der Waals surface area contributed by atoms with E-state index in [0.29, 0.717) is 6.42 Å². The number of carboxylic acid groups (broad SMARTS) is 1. The van der Waals surface area contributed by atoms with Gasteiger partial charge in [0.05, 0.1) is 5.56 Å². The third-order valence-corrected chi connectivity index (χ3v) is 4.27. The van der Waals surface area contributed by atoms with Gasteiger partial charge < -0.3 is 5.11 Å². The van der Waals surface area contributed by atoms with Gasteiger partial charge in [-0.15, -0.1) is 0 Å². The smallest absolute Gasteiger partial charge is 0.321 e. The quantitative estimate of drug-likeness (QED) is 0.831. The lowest BCUT2D eigenvalue weighted by Crippen LogP contribution is -2.40. The SMILES string of the molecule is CCC[C@@H](NS(=O)(=O)c1cc(Cl)ccc1C#N)C(=O)O. The van der Waals surface area contributed by atoms with Crippen molar-refractivity contribution < 1.29 is 18.3 Å². The van der Waals surface area contributed by atoms with E-state index >= 15 is 0 Å². The number of carbonyl (C=O) groups is 1.